The Morgan fingerprint density at radius 3 is 2.27 bits per heavy atom. The highest BCUT2D eigenvalue weighted by Crippen LogP contribution is 2.33. The second-order valence-corrected chi connectivity index (χ2v) is 5.07. The van der Waals surface area contributed by atoms with Crippen molar-refractivity contribution in [3.63, 3.8) is 0 Å². The van der Waals surface area contributed by atoms with Gasteiger partial charge in [-0.25, -0.2) is 0 Å². The van der Waals surface area contributed by atoms with Gasteiger partial charge in [-0.3, -0.25) is 0 Å². The fraction of sp³-hybridized carbons (Fsp3) is 0.538. The molecule has 0 aliphatic heterocycles. The van der Waals surface area contributed by atoms with Crippen LogP contribution in [-0.2, 0) is 0 Å². The largest absolute Gasteiger partial charge is 0.497 e. The van der Waals surface area contributed by atoms with E-state index >= 15 is 0 Å². The van der Waals surface area contributed by atoms with E-state index in [2.05, 4.69) is 33.8 Å². The van der Waals surface area contributed by atoms with E-state index in [4.69, 9.17) is 10.5 Å². The molecule has 15 heavy (non-hydrogen) atoms. The van der Waals surface area contributed by atoms with Crippen molar-refractivity contribution in [1.29, 1.82) is 0 Å². The van der Waals surface area contributed by atoms with Gasteiger partial charge in [0, 0.05) is 6.04 Å². The summed E-state index contributed by atoms with van der Waals surface area (Å²) < 4.78 is 5.17. The first-order chi connectivity index (χ1) is 6.86. The van der Waals surface area contributed by atoms with Crippen molar-refractivity contribution in [2.45, 2.75) is 33.7 Å². The lowest BCUT2D eigenvalue weighted by Crippen LogP contribution is -2.26. The van der Waals surface area contributed by atoms with E-state index < -0.39 is 0 Å². The first kappa shape index (κ1) is 12.1. The van der Waals surface area contributed by atoms with Gasteiger partial charge in [-0.05, 0) is 35.6 Å². The zero-order valence-electron chi connectivity index (χ0n) is 10.3. The second kappa shape index (κ2) is 4.23. The summed E-state index contributed by atoms with van der Waals surface area (Å²) in [6.45, 7) is 8.54. The molecule has 0 aromatic heterocycles. The number of aryl methyl sites for hydroxylation is 1. The molecule has 0 saturated carbocycles. The monoisotopic (exact) mass is 207 g/mol. The van der Waals surface area contributed by atoms with Crippen molar-refractivity contribution in [3.05, 3.63) is 29.3 Å². The molecule has 1 atom stereocenters. The van der Waals surface area contributed by atoms with Gasteiger partial charge in [0.25, 0.3) is 0 Å². The van der Waals surface area contributed by atoms with E-state index in [1.54, 1.807) is 7.11 Å². The summed E-state index contributed by atoms with van der Waals surface area (Å²) in [5.74, 6) is 0.886. The Bertz CT molecular complexity index is 339. The minimum absolute atomic E-state index is 0.0587. The van der Waals surface area contributed by atoms with Gasteiger partial charge in [-0.2, -0.15) is 0 Å². The standard InChI is InChI=1S/C13H21NO/c1-9-8-10(15-5)6-7-11(9)12(14)13(2,3)4/h6-8,12H,14H2,1-5H3/t12-/m1/s1. The first-order valence-electron chi connectivity index (χ1n) is 5.26. The molecule has 0 fully saturated rings. The number of ether oxygens (including phenoxy) is 1. The normalized spacial score (nSPS) is 13.7. The topological polar surface area (TPSA) is 35.2 Å². The summed E-state index contributed by atoms with van der Waals surface area (Å²) in [4.78, 5) is 0. The maximum Gasteiger partial charge on any atom is 0.119 e. The van der Waals surface area contributed by atoms with Crippen LogP contribution in [0, 0.1) is 12.3 Å². The van der Waals surface area contributed by atoms with Crippen LogP contribution in [0.25, 0.3) is 0 Å². The molecule has 0 spiro atoms. The Balaban J connectivity index is 3.06. The Labute approximate surface area is 92.4 Å². The molecule has 84 valence electrons. The lowest BCUT2D eigenvalue weighted by molar-refractivity contribution is 0.325. The van der Waals surface area contributed by atoms with Crippen LogP contribution in [0.5, 0.6) is 5.75 Å². The molecular formula is C13H21NO. The Morgan fingerprint density at radius 2 is 1.87 bits per heavy atom. The van der Waals surface area contributed by atoms with E-state index in [-0.39, 0.29) is 11.5 Å². The zero-order valence-corrected chi connectivity index (χ0v) is 10.3. The predicted octanol–water partition coefficient (Wildman–Crippen LogP) is 3.05. The van der Waals surface area contributed by atoms with Crippen LogP contribution in [0.4, 0.5) is 0 Å². The van der Waals surface area contributed by atoms with Crippen LogP contribution in [0.15, 0.2) is 18.2 Å². The van der Waals surface area contributed by atoms with Gasteiger partial charge in [0.15, 0.2) is 0 Å². The molecular weight excluding hydrogens is 186 g/mol. The zero-order chi connectivity index (χ0) is 11.6. The van der Waals surface area contributed by atoms with Gasteiger partial charge in [0.1, 0.15) is 5.75 Å². The summed E-state index contributed by atoms with van der Waals surface area (Å²) in [6, 6.07) is 6.11. The van der Waals surface area contributed by atoms with Gasteiger partial charge >= 0.3 is 0 Å². The molecule has 0 unspecified atom stereocenters. The third-order valence-electron chi connectivity index (χ3n) is 2.75. The van der Waals surface area contributed by atoms with E-state index in [9.17, 15) is 0 Å². The number of nitrogens with two attached hydrogens (primary N) is 1. The lowest BCUT2D eigenvalue weighted by Gasteiger charge is -2.28. The van der Waals surface area contributed by atoms with Crippen LogP contribution < -0.4 is 10.5 Å². The van der Waals surface area contributed by atoms with Gasteiger partial charge in [0.2, 0.25) is 0 Å². The van der Waals surface area contributed by atoms with E-state index in [0.29, 0.717) is 0 Å². The SMILES string of the molecule is COc1ccc([C@@H](N)C(C)(C)C)c(C)c1. The molecule has 2 nitrogen and oxygen atoms in total. The summed E-state index contributed by atoms with van der Waals surface area (Å²) >= 11 is 0. The smallest absolute Gasteiger partial charge is 0.119 e. The number of benzene rings is 1. The van der Waals surface area contributed by atoms with Crippen molar-refractivity contribution >= 4 is 0 Å². The summed E-state index contributed by atoms with van der Waals surface area (Å²) in [5, 5.41) is 0. The van der Waals surface area contributed by atoms with E-state index in [0.717, 1.165) is 5.75 Å². The minimum atomic E-state index is 0.0587. The Kier molecular flexibility index (Phi) is 3.40. The fourth-order valence-electron chi connectivity index (χ4n) is 1.59. The van der Waals surface area contributed by atoms with Gasteiger partial charge in [-0.15, -0.1) is 0 Å². The number of methoxy groups -OCH3 is 1. The van der Waals surface area contributed by atoms with E-state index in [1.165, 1.54) is 11.1 Å². The van der Waals surface area contributed by atoms with Crippen LogP contribution in [-0.4, -0.2) is 7.11 Å². The molecule has 1 aromatic rings. The molecule has 2 heteroatoms. The van der Waals surface area contributed by atoms with Gasteiger partial charge < -0.3 is 10.5 Å². The third kappa shape index (κ3) is 2.72. The molecule has 0 amide bonds. The number of hydrogen-bond donors (Lipinski definition) is 1. The molecule has 0 heterocycles. The highest BCUT2D eigenvalue weighted by molar-refractivity contribution is 5.37. The number of rotatable bonds is 2. The molecule has 0 aliphatic carbocycles. The van der Waals surface area contributed by atoms with E-state index in [1.807, 2.05) is 12.1 Å². The van der Waals surface area contributed by atoms with Crippen molar-refractivity contribution in [1.82, 2.24) is 0 Å². The molecule has 0 saturated heterocycles. The highest BCUT2D eigenvalue weighted by atomic mass is 16.5. The Morgan fingerprint density at radius 1 is 1.27 bits per heavy atom. The maximum absolute atomic E-state index is 6.22. The first-order valence-corrected chi connectivity index (χ1v) is 5.26. The lowest BCUT2D eigenvalue weighted by atomic mass is 9.81. The summed E-state index contributed by atoms with van der Waals surface area (Å²) in [5.41, 5.74) is 8.70. The average molecular weight is 207 g/mol. The quantitative estimate of drug-likeness (QED) is 0.809. The predicted molar refractivity (Wildman–Crippen MR) is 64.1 cm³/mol. The summed E-state index contributed by atoms with van der Waals surface area (Å²) in [6.07, 6.45) is 0. The van der Waals surface area contributed by atoms with Crippen molar-refractivity contribution in [2.75, 3.05) is 7.11 Å². The third-order valence-corrected chi connectivity index (χ3v) is 2.75. The van der Waals surface area contributed by atoms with Crippen LogP contribution >= 0.6 is 0 Å². The minimum Gasteiger partial charge on any atom is -0.497 e. The molecule has 0 bridgehead atoms. The average Bonchev–Trinajstić information content (AvgIpc) is 2.15. The molecule has 1 aromatic carbocycles. The van der Waals surface area contributed by atoms with Crippen LogP contribution in [0.1, 0.15) is 37.9 Å². The van der Waals surface area contributed by atoms with Crippen molar-refractivity contribution < 1.29 is 4.74 Å². The van der Waals surface area contributed by atoms with Crippen LogP contribution in [0.3, 0.4) is 0 Å². The van der Waals surface area contributed by atoms with Gasteiger partial charge in [-0.1, -0.05) is 26.8 Å². The molecule has 0 aliphatic rings. The van der Waals surface area contributed by atoms with Crippen LogP contribution in [0.2, 0.25) is 0 Å². The molecule has 1 rings (SSSR count). The summed E-state index contributed by atoms with van der Waals surface area (Å²) in [7, 11) is 1.68. The maximum atomic E-state index is 6.22. The number of hydrogen-bond acceptors (Lipinski definition) is 2. The Hall–Kier alpha value is -1.02. The van der Waals surface area contributed by atoms with Crippen molar-refractivity contribution in [3.8, 4) is 5.75 Å². The fourth-order valence-corrected chi connectivity index (χ4v) is 1.59. The molecule has 2 N–H and O–H groups in total. The van der Waals surface area contributed by atoms with Crippen molar-refractivity contribution in [2.24, 2.45) is 11.1 Å². The molecule has 0 radical (unpaired) electrons. The second-order valence-electron chi connectivity index (χ2n) is 5.07. The van der Waals surface area contributed by atoms with Gasteiger partial charge in [0.05, 0.1) is 7.11 Å². The highest BCUT2D eigenvalue weighted by Gasteiger charge is 2.23.